The minimum atomic E-state index is -0.653. The van der Waals surface area contributed by atoms with Gasteiger partial charge in [-0.25, -0.2) is 9.59 Å². The number of rotatable bonds is 5. The number of esters is 1. The van der Waals surface area contributed by atoms with E-state index >= 15 is 0 Å². The van der Waals surface area contributed by atoms with E-state index in [0.717, 1.165) is 11.1 Å². The molecule has 0 spiro atoms. The first-order valence-corrected chi connectivity index (χ1v) is 8.64. The largest absolute Gasteiger partial charge is 0.489 e. The first-order chi connectivity index (χ1) is 13.0. The van der Waals surface area contributed by atoms with Gasteiger partial charge in [-0.3, -0.25) is 0 Å². The SMILES string of the molecule is COC(=O)C1=C(C)NC(=O)NC1c1ccccc1OCc1ccccc1C. The summed E-state index contributed by atoms with van der Waals surface area (Å²) in [7, 11) is 1.32. The number of hydrogen-bond donors (Lipinski definition) is 2. The minimum absolute atomic E-state index is 0.351. The lowest BCUT2D eigenvalue weighted by Gasteiger charge is -2.29. The van der Waals surface area contributed by atoms with E-state index in [1.807, 2.05) is 55.5 Å². The standard InChI is InChI=1S/C21H22N2O4/c1-13-8-4-5-9-15(13)12-27-17-11-7-6-10-16(17)19-18(20(24)26-3)14(2)22-21(25)23-19/h4-11,19H,12H2,1-3H3,(H2,22,23,25). The first kappa shape index (κ1) is 18.5. The zero-order chi connectivity index (χ0) is 19.4. The van der Waals surface area contributed by atoms with Crippen LogP contribution < -0.4 is 15.4 Å². The van der Waals surface area contributed by atoms with Crippen LogP contribution in [0.3, 0.4) is 0 Å². The highest BCUT2D eigenvalue weighted by molar-refractivity contribution is 5.95. The third-order valence-electron chi connectivity index (χ3n) is 4.55. The van der Waals surface area contributed by atoms with Crippen molar-refractivity contribution in [3.05, 3.63) is 76.5 Å². The molecular formula is C21H22N2O4. The highest BCUT2D eigenvalue weighted by atomic mass is 16.5. The average Bonchev–Trinajstić information content (AvgIpc) is 2.66. The number of hydrogen-bond acceptors (Lipinski definition) is 4. The molecule has 1 heterocycles. The molecule has 1 aliphatic rings. The van der Waals surface area contributed by atoms with Crippen molar-refractivity contribution < 1.29 is 19.1 Å². The fourth-order valence-corrected chi connectivity index (χ4v) is 3.09. The highest BCUT2D eigenvalue weighted by Gasteiger charge is 2.33. The Labute approximate surface area is 158 Å². The number of ether oxygens (including phenoxy) is 2. The number of carbonyl (C=O) groups is 2. The van der Waals surface area contributed by atoms with E-state index < -0.39 is 12.0 Å². The topological polar surface area (TPSA) is 76.7 Å². The Kier molecular flexibility index (Phi) is 5.45. The Hall–Kier alpha value is -3.28. The molecule has 0 radical (unpaired) electrons. The van der Waals surface area contributed by atoms with E-state index in [9.17, 15) is 9.59 Å². The Morgan fingerprint density at radius 3 is 2.52 bits per heavy atom. The minimum Gasteiger partial charge on any atom is -0.489 e. The quantitative estimate of drug-likeness (QED) is 0.796. The summed E-state index contributed by atoms with van der Waals surface area (Å²) in [5.74, 6) is 0.0980. The third kappa shape index (κ3) is 3.95. The molecule has 2 amide bonds. The Balaban J connectivity index is 1.94. The predicted octanol–water partition coefficient (Wildman–Crippen LogP) is 3.37. The number of para-hydroxylation sites is 1. The number of nitrogens with one attached hydrogen (secondary N) is 2. The monoisotopic (exact) mass is 366 g/mol. The van der Waals surface area contributed by atoms with Gasteiger partial charge in [0.25, 0.3) is 0 Å². The molecule has 0 bridgehead atoms. The van der Waals surface area contributed by atoms with Crippen LogP contribution >= 0.6 is 0 Å². The van der Waals surface area contributed by atoms with Gasteiger partial charge in [0.2, 0.25) is 0 Å². The maximum Gasteiger partial charge on any atom is 0.337 e. The van der Waals surface area contributed by atoms with E-state index in [1.54, 1.807) is 6.92 Å². The molecule has 1 atom stereocenters. The van der Waals surface area contributed by atoms with Gasteiger partial charge >= 0.3 is 12.0 Å². The van der Waals surface area contributed by atoms with Crippen molar-refractivity contribution in [1.29, 1.82) is 0 Å². The van der Waals surface area contributed by atoms with Gasteiger partial charge in [-0.15, -0.1) is 0 Å². The third-order valence-corrected chi connectivity index (χ3v) is 4.55. The van der Waals surface area contributed by atoms with Crippen LogP contribution in [0.2, 0.25) is 0 Å². The van der Waals surface area contributed by atoms with E-state index in [0.29, 0.717) is 29.2 Å². The van der Waals surface area contributed by atoms with Crippen molar-refractivity contribution in [2.75, 3.05) is 7.11 Å². The van der Waals surface area contributed by atoms with Gasteiger partial charge in [-0.1, -0.05) is 42.5 Å². The molecule has 1 aliphatic heterocycles. The molecule has 0 saturated carbocycles. The van der Waals surface area contributed by atoms with E-state index in [2.05, 4.69) is 10.6 Å². The van der Waals surface area contributed by atoms with Crippen molar-refractivity contribution in [3.63, 3.8) is 0 Å². The lowest BCUT2D eigenvalue weighted by molar-refractivity contribution is -0.136. The second kappa shape index (κ2) is 7.95. The summed E-state index contributed by atoms with van der Waals surface area (Å²) in [6.45, 7) is 4.09. The van der Waals surface area contributed by atoms with Crippen LogP contribution in [0.15, 0.2) is 59.8 Å². The summed E-state index contributed by atoms with van der Waals surface area (Å²) in [5, 5.41) is 5.41. The molecule has 0 aromatic heterocycles. The second-order valence-corrected chi connectivity index (χ2v) is 6.31. The number of urea groups is 1. The maximum atomic E-state index is 12.3. The Morgan fingerprint density at radius 2 is 1.78 bits per heavy atom. The van der Waals surface area contributed by atoms with Crippen LogP contribution in [0.4, 0.5) is 4.79 Å². The van der Waals surface area contributed by atoms with Crippen molar-refractivity contribution in [1.82, 2.24) is 10.6 Å². The fraction of sp³-hybridized carbons (Fsp3) is 0.238. The first-order valence-electron chi connectivity index (χ1n) is 8.64. The van der Waals surface area contributed by atoms with Crippen LogP contribution in [0.1, 0.15) is 29.7 Å². The average molecular weight is 366 g/mol. The van der Waals surface area contributed by atoms with Crippen LogP contribution in [-0.4, -0.2) is 19.1 Å². The number of amides is 2. The number of aryl methyl sites for hydroxylation is 1. The lowest BCUT2D eigenvalue weighted by Crippen LogP contribution is -2.45. The van der Waals surface area contributed by atoms with Crippen LogP contribution in [0.25, 0.3) is 0 Å². The number of carbonyl (C=O) groups excluding carboxylic acids is 2. The van der Waals surface area contributed by atoms with Crippen molar-refractivity contribution in [2.24, 2.45) is 0 Å². The predicted molar refractivity (Wildman–Crippen MR) is 101 cm³/mol. The summed E-state index contributed by atoms with van der Waals surface area (Å²) < 4.78 is 10.9. The molecule has 2 aromatic rings. The van der Waals surface area contributed by atoms with Gasteiger partial charge in [0.1, 0.15) is 12.4 Å². The van der Waals surface area contributed by atoms with E-state index in [4.69, 9.17) is 9.47 Å². The Morgan fingerprint density at radius 1 is 1.07 bits per heavy atom. The molecule has 2 aromatic carbocycles. The number of allylic oxidation sites excluding steroid dienone is 1. The summed E-state index contributed by atoms with van der Waals surface area (Å²) in [4.78, 5) is 24.3. The van der Waals surface area contributed by atoms with Crippen molar-refractivity contribution >= 4 is 12.0 Å². The fourth-order valence-electron chi connectivity index (χ4n) is 3.09. The van der Waals surface area contributed by atoms with Crippen LogP contribution in [-0.2, 0) is 16.1 Å². The smallest absolute Gasteiger partial charge is 0.337 e. The van der Waals surface area contributed by atoms with E-state index in [1.165, 1.54) is 7.11 Å². The lowest BCUT2D eigenvalue weighted by atomic mass is 9.95. The molecule has 0 fully saturated rings. The van der Waals surface area contributed by atoms with Gasteiger partial charge in [0, 0.05) is 11.3 Å². The van der Waals surface area contributed by atoms with Crippen LogP contribution in [0, 0.1) is 6.92 Å². The number of methoxy groups -OCH3 is 1. The van der Waals surface area contributed by atoms with Gasteiger partial charge < -0.3 is 20.1 Å². The van der Waals surface area contributed by atoms with Crippen molar-refractivity contribution in [2.45, 2.75) is 26.5 Å². The highest BCUT2D eigenvalue weighted by Crippen LogP contribution is 2.33. The summed E-state index contributed by atoms with van der Waals surface area (Å²) in [6.07, 6.45) is 0. The van der Waals surface area contributed by atoms with Crippen LogP contribution in [0.5, 0.6) is 5.75 Å². The molecule has 0 aliphatic carbocycles. The molecule has 6 nitrogen and oxygen atoms in total. The molecule has 27 heavy (non-hydrogen) atoms. The zero-order valence-corrected chi connectivity index (χ0v) is 15.5. The molecular weight excluding hydrogens is 344 g/mol. The summed E-state index contributed by atoms with van der Waals surface area (Å²) >= 11 is 0. The second-order valence-electron chi connectivity index (χ2n) is 6.31. The van der Waals surface area contributed by atoms with Gasteiger partial charge in [0.15, 0.2) is 0 Å². The normalized spacial score (nSPS) is 16.4. The number of benzene rings is 2. The summed E-state index contributed by atoms with van der Waals surface area (Å²) in [6, 6.07) is 14.3. The van der Waals surface area contributed by atoms with Gasteiger partial charge in [0.05, 0.1) is 18.7 Å². The molecule has 2 N–H and O–H groups in total. The molecule has 3 rings (SSSR count). The molecule has 6 heteroatoms. The zero-order valence-electron chi connectivity index (χ0n) is 15.5. The van der Waals surface area contributed by atoms with Gasteiger partial charge in [-0.2, -0.15) is 0 Å². The summed E-state index contributed by atoms with van der Waals surface area (Å²) in [5.41, 5.74) is 3.71. The van der Waals surface area contributed by atoms with Gasteiger partial charge in [-0.05, 0) is 31.0 Å². The molecule has 140 valence electrons. The Bertz CT molecular complexity index is 905. The molecule has 0 saturated heterocycles. The molecule has 1 unspecified atom stereocenters. The van der Waals surface area contributed by atoms with Crippen molar-refractivity contribution in [3.8, 4) is 5.75 Å². The maximum absolute atomic E-state index is 12.3. The van der Waals surface area contributed by atoms with E-state index in [-0.39, 0.29) is 6.03 Å².